The molecule has 1 N–H and O–H groups in total. The molecule has 3 nitrogen and oxygen atoms in total. The largest absolute Gasteiger partial charge is 0.480 e. The normalized spacial score (nSPS) is 34.5. The number of nitriles is 1. The fourth-order valence-corrected chi connectivity index (χ4v) is 1.34. The molecule has 10 heavy (non-hydrogen) atoms. The molecule has 0 aromatic rings. The van der Waals surface area contributed by atoms with Gasteiger partial charge in [-0.2, -0.15) is 5.26 Å². The molecule has 0 spiro atoms. The Morgan fingerprint density at radius 2 is 2.10 bits per heavy atom. The maximum atomic E-state index is 10.3. The molecule has 0 bridgehead atoms. The van der Waals surface area contributed by atoms with Gasteiger partial charge in [-0.05, 0) is 0 Å². The van der Waals surface area contributed by atoms with Gasteiger partial charge >= 0.3 is 5.97 Å². The standard InChI is InChI=1S/C5H3Cl2NO2/c6-5(7)1-4(5,2-8)3(9)10/h1H2,(H,9,10). The smallest absolute Gasteiger partial charge is 0.327 e. The lowest BCUT2D eigenvalue weighted by Gasteiger charge is -1.99. The highest BCUT2D eigenvalue weighted by Crippen LogP contribution is 2.63. The van der Waals surface area contributed by atoms with Crippen LogP contribution in [0, 0.1) is 16.7 Å². The van der Waals surface area contributed by atoms with Crippen molar-refractivity contribution in [1.29, 1.82) is 5.26 Å². The molecule has 1 aliphatic carbocycles. The highest BCUT2D eigenvalue weighted by molar-refractivity contribution is 6.53. The topological polar surface area (TPSA) is 61.1 Å². The molecule has 0 heterocycles. The van der Waals surface area contributed by atoms with E-state index in [9.17, 15) is 4.79 Å². The number of carboxylic acids is 1. The summed E-state index contributed by atoms with van der Waals surface area (Å²) >= 11 is 10.8. The Morgan fingerprint density at radius 3 is 2.10 bits per heavy atom. The lowest BCUT2D eigenvalue weighted by atomic mass is 10.1. The minimum absolute atomic E-state index is 0.00887. The van der Waals surface area contributed by atoms with E-state index < -0.39 is 15.7 Å². The quantitative estimate of drug-likeness (QED) is 0.615. The van der Waals surface area contributed by atoms with Gasteiger partial charge in [0.2, 0.25) is 0 Å². The maximum Gasteiger partial charge on any atom is 0.327 e. The van der Waals surface area contributed by atoms with Crippen LogP contribution in [0.25, 0.3) is 0 Å². The monoisotopic (exact) mass is 179 g/mol. The van der Waals surface area contributed by atoms with E-state index in [1.54, 1.807) is 6.07 Å². The van der Waals surface area contributed by atoms with Gasteiger partial charge in [-0.1, -0.05) is 23.2 Å². The average molecular weight is 180 g/mol. The Morgan fingerprint density at radius 1 is 1.70 bits per heavy atom. The van der Waals surface area contributed by atoms with Crippen LogP contribution in [0.15, 0.2) is 0 Å². The highest BCUT2D eigenvalue weighted by atomic mass is 35.5. The molecule has 1 unspecified atom stereocenters. The van der Waals surface area contributed by atoms with Crippen molar-refractivity contribution in [2.75, 3.05) is 0 Å². The molecular weight excluding hydrogens is 177 g/mol. The third-order valence-electron chi connectivity index (χ3n) is 1.54. The molecule has 0 aromatic carbocycles. The van der Waals surface area contributed by atoms with Gasteiger partial charge in [0.1, 0.15) is 4.33 Å². The van der Waals surface area contributed by atoms with Gasteiger partial charge in [-0.25, -0.2) is 0 Å². The molecule has 1 atom stereocenters. The number of halogens is 2. The summed E-state index contributed by atoms with van der Waals surface area (Å²) in [6.45, 7) is 0. The summed E-state index contributed by atoms with van der Waals surface area (Å²) in [4.78, 5) is 10.3. The number of alkyl halides is 2. The fourth-order valence-electron chi connectivity index (χ4n) is 0.690. The van der Waals surface area contributed by atoms with Crippen molar-refractivity contribution in [2.45, 2.75) is 10.8 Å². The van der Waals surface area contributed by atoms with E-state index in [0.717, 1.165) is 0 Å². The number of nitrogens with zero attached hydrogens (tertiary/aromatic N) is 1. The van der Waals surface area contributed by atoms with Crippen LogP contribution in [-0.2, 0) is 4.79 Å². The second-order valence-electron chi connectivity index (χ2n) is 2.20. The van der Waals surface area contributed by atoms with E-state index >= 15 is 0 Å². The van der Waals surface area contributed by atoms with E-state index in [0.29, 0.717) is 0 Å². The van der Waals surface area contributed by atoms with Crippen molar-refractivity contribution in [3.05, 3.63) is 0 Å². The van der Waals surface area contributed by atoms with E-state index in [4.69, 9.17) is 33.6 Å². The van der Waals surface area contributed by atoms with Crippen LogP contribution >= 0.6 is 23.2 Å². The summed E-state index contributed by atoms with van der Waals surface area (Å²) in [6, 6.07) is 1.58. The van der Waals surface area contributed by atoms with Crippen molar-refractivity contribution >= 4 is 29.2 Å². The molecule has 54 valence electrons. The molecule has 0 radical (unpaired) electrons. The van der Waals surface area contributed by atoms with Crippen LogP contribution in [0.1, 0.15) is 6.42 Å². The predicted octanol–water partition coefficient (Wildman–Crippen LogP) is 1.16. The van der Waals surface area contributed by atoms with Gasteiger partial charge in [-0.3, -0.25) is 4.79 Å². The van der Waals surface area contributed by atoms with Crippen LogP contribution in [0.2, 0.25) is 0 Å². The zero-order chi connectivity index (χ0) is 7.99. The zero-order valence-electron chi connectivity index (χ0n) is 4.77. The Hall–Kier alpha value is -0.460. The number of hydrogen-bond donors (Lipinski definition) is 1. The van der Waals surface area contributed by atoms with Crippen LogP contribution < -0.4 is 0 Å². The maximum absolute atomic E-state index is 10.3. The summed E-state index contributed by atoms with van der Waals surface area (Å²) in [5.74, 6) is -1.25. The SMILES string of the molecule is N#CC1(C(=O)O)CC1(Cl)Cl. The van der Waals surface area contributed by atoms with E-state index in [2.05, 4.69) is 0 Å². The molecule has 0 saturated heterocycles. The summed E-state index contributed by atoms with van der Waals surface area (Å²) in [6.07, 6.45) is 0.00887. The van der Waals surface area contributed by atoms with Crippen molar-refractivity contribution < 1.29 is 9.90 Å². The number of carbonyl (C=O) groups is 1. The number of hydrogen-bond acceptors (Lipinski definition) is 2. The molecule has 1 fully saturated rings. The number of rotatable bonds is 1. The number of aliphatic carboxylic acids is 1. The molecular formula is C5H3Cl2NO2. The molecule has 0 aliphatic heterocycles. The zero-order valence-corrected chi connectivity index (χ0v) is 6.28. The van der Waals surface area contributed by atoms with E-state index in [1.165, 1.54) is 0 Å². The first-order chi connectivity index (χ1) is 4.46. The third kappa shape index (κ3) is 0.695. The summed E-state index contributed by atoms with van der Waals surface area (Å²) < 4.78 is -1.38. The van der Waals surface area contributed by atoms with Crippen molar-refractivity contribution in [2.24, 2.45) is 5.41 Å². The van der Waals surface area contributed by atoms with Crippen LogP contribution in [0.5, 0.6) is 0 Å². The van der Waals surface area contributed by atoms with Gasteiger partial charge < -0.3 is 5.11 Å². The Bertz CT molecular complexity index is 232. The number of carboxylic acid groups (broad SMARTS) is 1. The van der Waals surface area contributed by atoms with E-state index in [1.807, 2.05) is 0 Å². The van der Waals surface area contributed by atoms with Gasteiger partial charge in [0.05, 0.1) is 6.07 Å². The first kappa shape index (κ1) is 7.64. The lowest BCUT2D eigenvalue weighted by molar-refractivity contribution is -0.141. The summed E-state index contributed by atoms with van der Waals surface area (Å²) in [5.41, 5.74) is -1.56. The van der Waals surface area contributed by atoms with Crippen LogP contribution in [-0.4, -0.2) is 15.4 Å². The van der Waals surface area contributed by atoms with E-state index in [-0.39, 0.29) is 6.42 Å². The minimum Gasteiger partial charge on any atom is -0.480 e. The summed E-state index contributed by atoms with van der Waals surface area (Å²) in [5, 5.41) is 16.8. The van der Waals surface area contributed by atoms with Gasteiger partial charge in [-0.15, -0.1) is 0 Å². The van der Waals surface area contributed by atoms with Gasteiger partial charge in [0, 0.05) is 6.42 Å². The fraction of sp³-hybridized carbons (Fsp3) is 0.600. The van der Waals surface area contributed by atoms with Crippen LogP contribution in [0.3, 0.4) is 0 Å². The summed E-state index contributed by atoms with van der Waals surface area (Å²) in [7, 11) is 0. The first-order valence-electron chi connectivity index (χ1n) is 2.49. The second kappa shape index (κ2) is 1.77. The molecule has 1 saturated carbocycles. The van der Waals surface area contributed by atoms with Gasteiger partial charge in [0.25, 0.3) is 0 Å². The second-order valence-corrected chi connectivity index (χ2v) is 3.69. The van der Waals surface area contributed by atoms with Crippen LogP contribution in [0.4, 0.5) is 0 Å². The highest BCUT2D eigenvalue weighted by Gasteiger charge is 2.73. The average Bonchev–Trinajstić information content (AvgIpc) is 2.35. The van der Waals surface area contributed by atoms with Crippen molar-refractivity contribution in [3.8, 4) is 6.07 Å². The van der Waals surface area contributed by atoms with Crippen molar-refractivity contribution in [1.82, 2.24) is 0 Å². The molecule has 5 heteroatoms. The van der Waals surface area contributed by atoms with Crippen molar-refractivity contribution in [3.63, 3.8) is 0 Å². The molecule has 0 aromatic heterocycles. The molecule has 0 amide bonds. The molecule has 1 aliphatic rings. The third-order valence-corrected chi connectivity index (χ3v) is 2.46. The Balaban J connectivity index is 2.92. The lowest BCUT2D eigenvalue weighted by Crippen LogP contribution is -2.18. The minimum atomic E-state index is -1.56. The van der Waals surface area contributed by atoms with Gasteiger partial charge in [0.15, 0.2) is 5.41 Å². The first-order valence-corrected chi connectivity index (χ1v) is 3.24. The Kier molecular flexibility index (Phi) is 1.36. The molecule has 1 rings (SSSR count). The predicted molar refractivity (Wildman–Crippen MR) is 34.7 cm³/mol. The Labute approximate surface area is 67.1 Å².